The number of ketones is 1. The molecule has 1 aliphatic heterocycles. The van der Waals surface area contributed by atoms with Crippen molar-refractivity contribution >= 4 is 5.78 Å². The van der Waals surface area contributed by atoms with E-state index < -0.39 is 17.7 Å². The van der Waals surface area contributed by atoms with Gasteiger partial charge in [0.15, 0.2) is 5.69 Å². The number of carbonyl (C=O) groups is 1. The second kappa shape index (κ2) is 5.66. The fourth-order valence-corrected chi connectivity index (χ4v) is 1.73. The van der Waals surface area contributed by atoms with Crippen LogP contribution < -0.4 is 0 Å². The lowest BCUT2D eigenvalue weighted by Gasteiger charge is -2.26. The second-order valence-electron chi connectivity index (χ2n) is 4.15. The Morgan fingerprint density at radius 2 is 2.00 bits per heavy atom. The van der Waals surface area contributed by atoms with Crippen LogP contribution in [0.4, 0.5) is 13.2 Å². The van der Waals surface area contributed by atoms with Crippen molar-refractivity contribution in [2.24, 2.45) is 0 Å². The van der Waals surface area contributed by atoms with Crippen molar-refractivity contribution in [1.82, 2.24) is 19.9 Å². The van der Waals surface area contributed by atoms with E-state index in [1.807, 2.05) is 0 Å². The maximum absolute atomic E-state index is 12.2. The van der Waals surface area contributed by atoms with Gasteiger partial charge in [-0.05, 0) is 0 Å². The number of Topliss-reactive ketones (excluding diaryl/α,β-unsaturated/α-hetero) is 1. The van der Waals surface area contributed by atoms with E-state index in [0.29, 0.717) is 26.3 Å². The summed E-state index contributed by atoms with van der Waals surface area (Å²) in [6.07, 6.45) is -3.89. The molecule has 1 aromatic heterocycles. The van der Waals surface area contributed by atoms with Gasteiger partial charge in [0.1, 0.15) is 0 Å². The molecule has 0 bridgehead atoms. The summed E-state index contributed by atoms with van der Waals surface area (Å²) in [4.78, 5) is 13.0. The third kappa shape index (κ3) is 3.74. The smallest absolute Gasteiger partial charge is 0.379 e. The van der Waals surface area contributed by atoms with Crippen molar-refractivity contribution in [1.29, 1.82) is 0 Å². The van der Waals surface area contributed by atoms with Gasteiger partial charge < -0.3 is 4.74 Å². The monoisotopic (exact) mass is 278 g/mol. The van der Waals surface area contributed by atoms with Crippen LogP contribution in [0, 0.1) is 0 Å². The molecule has 2 heterocycles. The minimum absolute atomic E-state index is 0.387. The number of ether oxygens (including phenoxy) is 1. The molecule has 0 aromatic carbocycles. The molecule has 2 rings (SSSR count). The van der Waals surface area contributed by atoms with Crippen LogP contribution in [0.15, 0.2) is 6.20 Å². The standard InChI is InChI=1S/C10H13F3N4O2/c11-10(12,13)9(18)8-7-17(15-14-8)2-1-16-3-5-19-6-4-16/h7H,1-6H2. The molecule has 0 amide bonds. The molecule has 106 valence electrons. The summed E-state index contributed by atoms with van der Waals surface area (Å²) < 4.78 is 42.9. The van der Waals surface area contributed by atoms with Crippen LogP contribution in [0.5, 0.6) is 0 Å². The maximum Gasteiger partial charge on any atom is 0.456 e. The first-order valence-electron chi connectivity index (χ1n) is 5.78. The molecule has 0 N–H and O–H groups in total. The van der Waals surface area contributed by atoms with E-state index in [-0.39, 0.29) is 0 Å². The van der Waals surface area contributed by atoms with Crippen molar-refractivity contribution in [3.63, 3.8) is 0 Å². The van der Waals surface area contributed by atoms with Crippen molar-refractivity contribution in [3.8, 4) is 0 Å². The Morgan fingerprint density at radius 1 is 1.32 bits per heavy atom. The lowest BCUT2D eigenvalue weighted by atomic mass is 10.3. The van der Waals surface area contributed by atoms with Crippen LogP contribution in [0.1, 0.15) is 10.5 Å². The molecule has 19 heavy (non-hydrogen) atoms. The number of rotatable bonds is 4. The van der Waals surface area contributed by atoms with Gasteiger partial charge in [-0.25, -0.2) is 0 Å². The molecule has 6 nitrogen and oxygen atoms in total. The van der Waals surface area contributed by atoms with E-state index >= 15 is 0 Å². The molecule has 0 saturated carbocycles. The predicted molar refractivity (Wildman–Crippen MR) is 57.7 cm³/mol. The van der Waals surface area contributed by atoms with E-state index in [4.69, 9.17) is 4.74 Å². The number of carbonyl (C=O) groups excluding carboxylic acids is 1. The zero-order chi connectivity index (χ0) is 13.9. The molecule has 1 aromatic rings. The molecule has 0 radical (unpaired) electrons. The van der Waals surface area contributed by atoms with E-state index in [1.54, 1.807) is 0 Å². The van der Waals surface area contributed by atoms with Crippen LogP contribution in [-0.2, 0) is 11.3 Å². The van der Waals surface area contributed by atoms with E-state index in [9.17, 15) is 18.0 Å². The van der Waals surface area contributed by atoms with Crippen LogP contribution in [0.3, 0.4) is 0 Å². The SMILES string of the molecule is O=C(c1cn(CCN2CCOCC2)nn1)C(F)(F)F. The first-order chi connectivity index (χ1) is 8.97. The zero-order valence-corrected chi connectivity index (χ0v) is 10.1. The van der Waals surface area contributed by atoms with Crippen molar-refractivity contribution < 1.29 is 22.7 Å². The average Bonchev–Trinajstić information content (AvgIpc) is 2.84. The highest BCUT2D eigenvalue weighted by molar-refractivity contribution is 5.98. The van der Waals surface area contributed by atoms with Crippen molar-refractivity contribution in [2.45, 2.75) is 12.7 Å². The van der Waals surface area contributed by atoms with Crippen molar-refractivity contribution in [2.75, 3.05) is 32.8 Å². The van der Waals surface area contributed by atoms with Gasteiger partial charge in [-0.2, -0.15) is 13.2 Å². The number of alkyl halides is 3. The van der Waals surface area contributed by atoms with Gasteiger partial charge in [-0.15, -0.1) is 5.10 Å². The molecule has 0 aliphatic carbocycles. The van der Waals surface area contributed by atoms with Gasteiger partial charge in [0, 0.05) is 19.6 Å². The first-order valence-corrected chi connectivity index (χ1v) is 5.78. The second-order valence-corrected chi connectivity index (χ2v) is 4.15. The van der Waals surface area contributed by atoms with Gasteiger partial charge in [-0.3, -0.25) is 14.4 Å². The van der Waals surface area contributed by atoms with Crippen LogP contribution in [0.2, 0.25) is 0 Å². The fourth-order valence-electron chi connectivity index (χ4n) is 1.73. The first kappa shape index (κ1) is 13.9. The number of hydrogen-bond acceptors (Lipinski definition) is 5. The van der Waals surface area contributed by atoms with Gasteiger partial charge in [0.05, 0.1) is 26.0 Å². The Bertz CT molecular complexity index is 440. The Balaban J connectivity index is 1.88. The number of halogens is 3. The van der Waals surface area contributed by atoms with Crippen LogP contribution >= 0.6 is 0 Å². The summed E-state index contributed by atoms with van der Waals surface area (Å²) in [6, 6.07) is 0. The zero-order valence-electron chi connectivity index (χ0n) is 10.1. The molecule has 1 fully saturated rings. The highest BCUT2D eigenvalue weighted by Crippen LogP contribution is 2.19. The van der Waals surface area contributed by atoms with Crippen LogP contribution in [0.25, 0.3) is 0 Å². The topological polar surface area (TPSA) is 60.2 Å². The molecule has 0 unspecified atom stereocenters. The quantitative estimate of drug-likeness (QED) is 0.744. The van der Waals surface area contributed by atoms with E-state index in [2.05, 4.69) is 15.2 Å². The van der Waals surface area contributed by atoms with Crippen LogP contribution in [-0.4, -0.2) is 64.7 Å². The normalized spacial score (nSPS) is 17.6. The molecule has 9 heteroatoms. The summed E-state index contributed by atoms with van der Waals surface area (Å²) in [5.74, 6) is -1.97. The largest absolute Gasteiger partial charge is 0.456 e. The van der Waals surface area contributed by atoms with Crippen molar-refractivity contribution in [3.05, 3.63) is 11.9 Å². The number of aromatic nitrogens is 3. The minimum atomic E-state index is -4.91. The fraction of sp³-hybridized carbons (Fsp3) is 0.700. The third-order valence-electron chi connectivity index (χ3n) is 2.78. The maximum atomic E-state index is 12.2. The summed E-state index contributed by atoms with van der Waals surface area (Å²) in [5.41, 5.74) is -0.672. The summed E-state index contributed by atoms with van der Waals surface area (Å²) >= 11 is 0. The predicted octanol–water partition coefficient (Wildman–Crippen LogP) is 0.355. The number of morpholine rings is 1. The average molecular weight is 278 g/mol. The number of hydrogen-bond donors (Lipinski definition) is 0. The molecular weight excluding hydrogens is 265 g/mol. The molecule has 0 spiro atoms. The lowest BCUT2D eigenvalue weighted by molar-refractivity contribution is -0.0888. The Labute approximate surface area is 107 Å². The highest BCUT2D eigenvalue weighted by atomic mass is 19.4. The van der Waals surface area contributed by atoms with E-state index in [1.165, 1.54) is 4.68 Å². The van der Waals surface area contributed by atoms with Gasteiger partial charge in [-0.1, -0.05) is 5.21 Å². The summed E-state index contributed by atoms with van der Waals surface area (Å²) in [5, 5.41) is 6.77. The third-order valence-corrected chi connectivity index (χ3v) is 2.78. The Kier molecular flexibility index (Phi) is 4.15. The van der Waals surface area contributed by atoms with Gasteiger partial charge in [0.25, 0.3) is 5.78 Å². The molecule has 1 saturated heterocycles. The lowest BCUT2D eigenvalue weighted by Crippen LogP contribution is -2.38. The molecular formula is C10H13F3N4O2. The van der Waals surface area contributed by atoms with E-state index in [0.717, 1.165) is 19.3 Å². The molecule has 0 atom stereocenters. The minimum Gasteiger partial charge on any atom is -0.379 e. The highest BCUT2D eigenvalue weighted by Gasteiger charge is 2.41. The Hall–Kier alpha value is -1.48. The van der Waals surface area contributed by atoms with Gasteiger partial charge in [0.2, 0.25) is 0 Å². The molecule has 1 aliphatic rings. The summed E-state index contributed by atoms with van der Waals surface area (Å²) in [7, 11) is 0. The number of nitrogens with zero attached hydrogens (tertiary/aromatic N) is 4. The Morgan fingerprint density at radius 3 is 2.63 bits per heavy atom. The summed E-state index contributed by atoms with van der Waals surface area (Å²) in [6.45, 7) is 3.88. The van der Waals surface area contributed by atoms with Gasteiger partial charge >= 0.3 is 6.18 Å².